The molecule has 1 nitrogen and oxygen atoms in total. The monoisotopic (exact) mass is 243 g/mol. The summed E-state index contributed by atoms with van der Waals surface area (Å²) in [6.07, 6.45) is 9.55. The molecule has 0 aliphatic carbocycles. The Kier molecular flexibility index (Phi) is 7.55. The second-order valence-corrected chi connectivity index (χ2v) is 6.60. The minimum atomic E-state index is 0.771. The van der Waals surface area contributed by atoms with Gasteiger partial charge in [0, 0.05) is 17.3 Å². The molecule has 1 aliphatic rings. The number of nitrogens with one attached hydrogen (secondary N) is 1. The molecule has 0 aromatic heterocycles. The van der Waals surface area contributed by atoms with E-state index in [9.17, 15) is 0 Å². The first-order valence-electron chi connectivity index (χ1n) is 7.15. The zero-order valence-corrected chi connectivity index (χ0v) is 12.1. The molecular weight excluding hydrogens is 214 g/mol. The van der Waals surface area contributed by atoms with Crippen molar-refractivity contribution in [3.05, 3.63) is 0 Å². The van der Waals surface area contributed by atoms with Crippen LogP contribution in [0.5, 0.6) is 0 Å². The lowest BCUT2D eigenvalue weighted by Crippen LogP contribution is -2.45. The van der Waals surface area contributed by atoms with Crippen molar-refractivity contribution in [3.8, 4) is 0 Å². The molecule has 3 atom stereocenters. The molecule has 1 rings (SSSR count). The van der Waals surface area contributed by atoms with Gasteiger partial charge in [0.25, 0.3) is 0 Å². The molecule has 0 saturated carbocycles. The highest BCUT2D eigenvalue weighted by Crippen LogP contribution is 2.26. The zero-order valence-electron chi connectivity index (χ0n) is 11.3. The van der Waals surface area contributed by atoms with Crippen LogP contribution in [0.3, 0.4) is 0 Å². The molecule has 0 spiro atoms. The van der Waals surface area contributed by atoms with Crippen molar-refractivity contribution in [2.24, 2.45) is 0 Å². The predicted octanol–water partition coefficient (Wildman–Crippen LogP) is 4.22. The minimum Gasteiger partial charge on any atom is -0.310 e. The van der Waals surface area contributed by atoms with Crippen molar-refractivity contribution >= 4 is 11.8 Å². The van der Waals surface area contributed by atoms with Crippen LogP contribution < -0.4 is 5.32 Å². The maximum absolute atomic E-state index is 3.92. The van der Waals surface area contributed by atoms with Gasteiger partial charge < -0.3 is 5.32 Å². The van der Waals surface area contributed by atoms with Crippen molar-refractivity contribution in [1.82, 2.24) is 5.32 Å². The van der Waals surface area contributed by atoms with Gasteiger partial charge in [-0.2, -0.15) is 11.8 Å². The van der Waals surface area contributed by atoms with Crippen LogP contribution in [0.1, 0.15) is 65.7 Å². The summed E-state index contributed by atoms with van der Waals surface area (Å²) in [5.74, 6) is 1.37. The van der Waals surface area contributed by atoms with E-state index in [4.69, 9.17) is 0 Å². The Hall–Kier alpha value is 0.310. The summed E-state index contributed by atoms with van der Waals surface area (Å²) < 4.78 is 0. The van der Waals surface area contributed by atoms with E-state index in [1.807, 2.05) is 0 Å². The fourth-order valence-corrected chi connectivity index (χ4v) is 3.71. The highest BCUT2D eigenvalue weighted by molar-refractivity contribution is 7.99. The van der Waals surface area contributed by atoms with E-state index in [-0.39, 0.29) is 0 Å². The lowest BCUT2D eigenvalue weighted by Gasteiger charge is -2.33. The van der Waals surface area contributed by atoms with Crippen LogP contribution in [0.4, 0.5) is 0 Å². The largest absolute Gasteiger partial charge is 0.310 e. The van der Waals surface area contributed by atoms with Crippen molar-refractivity contribution < 1.29 is 0 Å². The van der Waals surface area contributed by atoms with Gasteiger partial charge >= 0.3 is 0 Å². The molecule has 0 aromatic rings. The van der Waals surface area contributed by atoms with Gasteiger partial charge in [-0.1, -0.05) is 40.0 Å². The van der Waals surface area contributed by atoms with Crippen molar-refractivity contribution in [2.75, 3.05) is 5.75 Å². The van der Waals surface area contributed by atoms with E-state index < -0.39 is 0 Å². The molecule has 1 heterocycles. The fourth-order valence-electron chi connectivity index (χ4n) is 2.55. The molecular formula is C14H29NS. The maximum atomic E-state index is 3.92. The quantitative estimate of drug-likeness (QED) is 0.718. The second kappa shape index (κ2) is 8.41. The van der Waals surface area contributed by atoms with Gasteiger partial charge in [0.05, 0.1) is 0 Å². The minimum absolute atomic E-state index is 0.771. The average Bonchev–Trinajstić information content (AvgIpc) is 2.29. The highest BCUT2D eigenvalue weighted by Gasteiger charge is 2.23. The van der Waals surface area contributed by atoms with Crippen LogP contribution in [0.25, 0.3) is 0 Å². The van der Waals surface area contributed by atoms with Crippen LogP contribution in [-0.4, -0.2) is 23.1 Å². The number of hydrogen-bond donors (Lipinski definition) is 1. The third kappa shape index (κ3) is 5.09. The predicted molar refractivity (Wildman–Crippen MR) is 76.3 cm³/mol. The van der Waals surface area contributed by atoms with Crippen LogP contribution in [-0.2, 0) is 0 Å². The number of hydrogen-bond acceptors (Lipinski definition) is 2. The molecule has 96 valence electrons. The summed E-state index contributed by atoms with van der Waals surface area (Å²) in [4.78, 5) is 0. The van der Waals surface area contributed by atoms with Crippen LogP contribution in [0, 0.1) is 0 Å². The van der Waals surface area contributed by atoms with E-state index in [2.05, 4.69) is 37.8 Å². The van der Waals surface area contributed by atoms with Gasteiger partial charge in [0.1, 0.15) is 0 Å². The lowest BCUT2D eigenvalue weighted by molar-refractivity contribution is 0.357. The van der Waals surface area contributed by atoms with E-state index >= 15 is 0 Å². The van der Waals surface area contributed by atoms with Gasteiger partial charge in [-0.05, 0) is 31.4 Å². The Morgan fingerprint density at radius 2 is 2.06 bits per heavy atom. The normalized spacial score (nSPS) is 27.9. The average molecular weight is 243 g/mol. The maximum Gasteiger partial charge on any atom is 0.0186 e. The standard InChI is InChI=1S/C14H29NS/c1-4-6-9-13(8-5-2)15-14-10-7-11-16-12(14)3/h12-15H,4-11H2,1-3H3. The number of rotatable bonds is 7. The Balaban J connectivity index is 2.33. The third-order valence-electron chi connectivity index (χ3n) is 3.60. The van der Waals surface area contributed by atoms with Crippen molar-refractivity contribution in [1.29, 1.82) is 0 Å². The van der Waals surface area contributed by atoms with Crippen molar-refractivity contribution in [2.45, 2.75) is 83.1 Å². The molecule has 2 heteroatoms. The third-order valence-corrected chi connectivity index (χ3v) is 4.98. The summed E-state index contributed by atoms with van der Waals surface area (Å²) in [7, 11) is 0. The molecule has 0 radical (unpaired) electrons. The summed E-state index contributed by atoms with van der Waals surface area (Å²) in [6, 6.07) is 1.54. The first-order valence-corrected chi connectivity index (χ1v) is 8.20. The van der Waals surface area contributed by atoms with Gasteiger partial charge in [0.2, 0.25) is 0 Å². The molecule has 0 bridgehead atoms. The Labute approximate surface area is 106 Å². The fraction of sp³-hybridized carbons (Fsp3) is 1.00. The van der Waals surface area contributed by atoms with Crippen LogP contribution in [0.15, 0.2) is 0 Å². The van der Waals surface area contributed by atoms with E-state index in [0.717, 1.165) is 17.3 Å². The second-order valence-electron chi connectivity index (χ2n) is 5.12. The topological polar surface area (TPSA) is 12.0 Å². The number of thioether (sulfide) groups is 1. The Morgan fingerprint density at radius 3 is 2.69 bits per heavy atom. The Bertz CT molecular complexity index is 172. The zero-order chi connectivity index (χ0) is 11.8. The highest BCUT2D eigenvalue weighted by atomic mass is 32.2. The molecule has 1 aliphatic heterocycles. The molecule has 16 heavy (non-hydrogen) atoms. The van der Waals surface area contributed by atoms with Gasteiger partial charge in [0.15, 0.2) is 0 Å². The summed E-state index contributed by atoms with van der Waals surface area (Å²) >= 11 is 2.15. The summed E-state index contributed by atoms with van der Waals surface area (Å²) in [5.41, 5.74) is 0. The summed E-state index contributed by atoms with van der Waals surface area (Å²) in [6.45, 7) is 6.99. The van der Waals surface area contributed by atoms with Crippen LogP contribution in [0.2, 0.25) is 0 Å². The molecule has 1 saturated heterocycles. The molecule has 0 aromatic carbocycles. The molecule has 1 fully saturated rings. The van der Waals surface area contributed by atoms with E-state index in [0.29, 0.717) is 0 Å². The molecule has 3 unspecified atom stereocenters. The molecule has 1 N–H and O–H groups in total. The van der Waals surface area contributed by atoms with Gasteiger partial charge in [-0.15, -0.1) is 0 Å². The SMILES string of the molecule is CCCCC(CCC)NC1CCCSC1C. The van der Waals surface area contributed by atoms with E-state index in [1.54, 1.807) is 0 Å². The summed E-state index contributed by atoms with van der Waals surface area (Å²) in [5, 5.41) is 4.74. The molecule has 0 amide bonds. The Morgan fingerprint density at radius 1 is 1.25 bits per heavy atom. The first kappa shape index (κ1) is 14.4. The number of unbranched alkanes of at least 4 members (excludes halogenated alkanes) is 1. The van der Waals surface area contributed by atoms with Gasteiger partial charge in [-0.3, -0.25) is 0 Å². The van der Waals surface area contributed by atoms with E-state index in [1.165, 1.54) is 50.7 Å². The smallest absolute Gasteiger partial charge is 0.0186 e. The first-order chi connectivity index (χ1) is 7.77. The van der Waals surface area contributed by atoms with Crippen molar-refractivity contribution in [3.63, 3.8) is 0 Å². The van der Waals surface area contributed by atoms with Crippen LogP contribution >= 0.6 is 11.8 Å². The van der Waals surface area contributed by atoms with Gasteiger partial charge in [-0.25, -0.2) is 0 Å². The lowest BCUT2D eigenvalue weighted by atomic mass is 10.0.